The van der Waals surface area contributed by atoms with Gasteiger partial charge < -0.3 is 10.0 Å². The molecule has 2 aromatic rings. The third-order valence-corrected chi connectivity index (χ3v) is 5.73. The molecule has 0 spiro atoms. The highest BCUT2D eigenvalue weighted by atomic mass is 19.4. The zero-order valence-electron chi connectivity index (χ0n) is 16.3. The number of carboxylic acid groups (broad SMARTS) is 1. The summed E-state index contributed by atoms with van der Waals surface area (Å²) >= 11 is 0. The van der Waals surface area contributed by atoms with Crippen LogP contribution in [-0.2, 0) is 18.1 Å². The number of piperidine rings is 1. The standard InChI is InChI=1S/C22H25F3N2O2/c1-26(20(28)29)16-21(18-8-5-9-19(14-18)22(23,24)25)10-12-27(13-11-21)15-17-6-3-2-4-7-17/h2-9,14H,10-13,15-16H2,1H3,(H,28,29). The van der Waals surface area contributed by atoms with Crippen molar-refractivity contribution in [2.75, 3.05) is 26.7 Å². The van der Waals surface area contributed by atoms with Crippen LogP contribution in [0.3, 0.4) is 0 Å². The summed E-state index contributed by atoms with van der Waals surface area (Å²) in [4.78, 5) is 14.9. The van der Waals surface area contributed by atoms with E-state index in [2.05, 4.69) is 4.90 Å². The molecule has 2 aromatic carbocycles. The molecule has 7 heteroatoms. The number of hydrogen-bond donors (Lipinski definition) is 1. The van der Waals surface area contributed by atoms with Crippen LogP contribution in [0.15, 0.2) is 54.6 Å². The number of nitrogens with zero attached hydrogens (tertiary/aromatic N) is 2. The molecule has 156 valence electrons. The molecule has 0 aromatic heterocycles. The summed E-state index contributed by atoms with van der Waals surface area (Å²) in [6, 6.07) is 15.4. The number of hydrogen-bond acceptors (Lipinski definition) is 2. The Bertz CT molecular complexity index is 831. The van der Waals surface area contributed by atoms with E-state index in [9.17, 15) is 23.1 Å². The van der Waals surface area contributed by atoms with Gasteiger partial charge in [-0.05, 0) is 43.1 Å². The SMILES string of the molecule is CN(CC1(c2cccc(C(F)(F)F)c2)CCN(Cc2ccccc2)CC1)C(=O)O. The third kappa shape index (κ3) is 5.09. The maximum Gasteiger partial charge on any atom is 0.416 e. The molecule has 0 atom stereocenters. The topological polar surface area (TPSA) is 43.8 Å². The van der Waals surface area contributed by atoms with Crippen molar-refractivity contribution in [2.24, 2.45) is 0 Å². The molecule has 4 nitrogen and oxygen atoms in total. The van der Waals surface area contributed by atoms with Gasteiger partial charge in [0.15, 0.2) is 0 Å². The Labute approximate surface area is 168 Å². The fourth-order valence-electron chi connectivity index (χ4n) is 4.07. The lowest BCUT2D eigenvalue weighted by atomic mass is 9.72. The maximum absolute atomic E-state index is 13.2. The van der Waals surface area contributed by atoms with Gasteiger partial charge in [0.2, 0.25) is 0 Å². The number of carbonyl (C=O) groups is 1. The van der Waals surface area contributed by atoms with E-state index in [0.717, 1.165) is 12.6 Å². The van der Waals surface area contributed by atoms with E-state index in [0.29, 0.717) is 31.5 Å². The van der Waals surface area contributed by atoms with E-state index in [4.69, 9.17) is 0 Å². The molecule has 1 saturated heterocycles. The summed E-state index contributed by atoms with van der Waals surface area (Å²) in [7, 11) is 1.47. The fraction of sp³-hybridized carbons (Fsp3) is 0.409. The second-order valence-corrected chi connectivity index (χ2v) is 7.76. The Hall–Kier alpha value is -2.54. The Kier molecular flexibility index (Phi) is 6.17. The summed E-state index contributed by atoms with van der Waals surface area (Å²) in [6.45, 7) is 2.33. The number of benzene rings is 2. The van der Waals surface area contributed by atoms with Gasteiger partial charge in [0.05, 0.1) is 5.56 Å². The van der Waals surface area contributed by atoms with Gasteiger partial charge >= 0.3 is 12.3 Å². The zero-order valence-corrected chi connectivity index (χ0v) is 16.3. The monoisotopic (exact) mass is 406 g/mol. The van der Waals surface area contributed by atoms with Crippen LogP contribution in [0.5, 0.6) is 0 Å². The second kappa shape index (κ2) is 8.45. The number of alkyl halides is 3. The third-order valence-electron chi connectivity index (χ3n) is 5.73. The molecule has 0 saturated carbocycles. The molecule has 1 heterocycles. The summed E-state index contributed by atoms with van der Waals surface area (Å²) in [6.07, 6.45) is -4.32. The van der Waals surface area contributed by atoms with E-state index in [-0.39, 0.29) is 6.54 Å². The van der Waals surface area contributed by atoms with Gasteiger partial charge in [-0.25, -0.2) is 4.79 Å². The predicted octanol–water partition coefficient (Wildman–Crippen LogP) is 4.85. The maximum atomic E-state index is 13.2. The van der Waals surface area contributed by atoms with Crippen molar-refractivity contribution < 1.29 is 23.1 Å². The fourth-order valence-corrected chi connectivity index (χ4v) is 4.07. The van der Waals surface area contributed by atoms with Gasteiger partial charge in [-0.15, -0.1) is 0 Å². The molecule has 0 bridgehead atoms. The van der Waals surface area contributed by atoms with Gasteiger partial charge in [-0.3, -0.25) is 4.90 Å². The number of likely N-dealkylation sites (tertiary alicyclic amines) is 1. The quantitative estimate of drug-likeness (QED) is 0.772. The van der Waals surface area contributed by atoms with Crippen LogP contribution < -0.4 is 0 Å². The second-order valence-electron chi connectivity index (χ2n) is 7.76. The normalized spacial score (nSPS) is 17.1. The van der Waals surface area contributed by atoms with Gasteiger partial charge in [-0.2, -0.15) is 13.2 Å². The van der Waals surface area contributed by atoms with E-state index in [1.54, 1.807) is 6.07 Å². The molecule has 3 rings (SSSR count). The number of likely N-dealkylation sites (N-methyl/N-ethyl adjacent to an activating group) is 1. The Balaban J connectivity index is 1.84. The van der Waals surface area contributed by atoms with Crippen LogP contribution in [0.2, 0.25) is 0 Å². The smallest absolute Gasteiger partial charge is 0.416 e. The highest BCUT2D eigenvalue weighted by Crippen LogP contribution is 2.39. The molecule has 0 aliphatic carbocycles. The molecule has 0 radical (unpaired) electrons. The first kappa shape index (κ1) is 21.2. The van der Waals surface area contributed by atoms with Crippen LogP contribution in [0.25, 0.3) is 0 Å². The van der Waals surface area contributed by atoms with Crippen molar-refractivity contribution in [3.8, 4) is 0 Å². The summed E-state index contributed by atoms with van der Waals surface area (Å²) in [5, 5.41) is 9.34. The van der Waals surface area contributed by atoms with Gasteiger partial charge in [0.1, 0.15) is 0 Å². The van der Waals surface area contributed by atoms with E-state index in [1.807, 2.05) is 30.3 Å². The molecule has 29 heavy (non-hydrogen) atoms. The van der Waals surface area contributed by atoms with Gasteiger partial charge in [-0.1, -0.05) is 48.5 Å². The van der Waals surface area contributed by atoms with Crippen molar-refractivity contribution >= 4 is 6.09 Å². The number of rotatable bonds is 5. The largest absolute Gasteiger partial charge is 0.465 e. The molecule has 0 unspecified atom stereocenters. The van der Waals surface area contributed by atoms with Crippen molar-refractivity contribution in [3.63, 3.8) is 0 Å². The highest BCUT2D eigenvalue weighted by Gasteiger charge is 2.40. The minimum Gasteiger partial charge on any atom is -0.465 e. The molecule has 1 aliphatic rings. The van der Waals surface area contributed by atoms with Crippen molar-refractivity contribution in [1.82, 2.24) is 9.80 Å². The van der Waals surface area contributed by atoms with E-state index < -0.39 is 23.2 Å². The van der Waals surface area contributed by atoms with Crippen LogP contribution in [-0.4, -0.2) is 47.7 Å². The summed E-state index contributed by atoms with van der Waals surface area (Å²) in [5.74, 6) is 0. The van der Waals surface area contributed by atoms with Crippen LogP contribution in [0.4, 0.5) is 18.0 Å². The lowest BCUT2D eigenvalue weighted by Crippen LogP contribution is -2.49. The minimum absolute atomic E-state index is 0.169. The van der Waals surface area contributed by atoms with Crippen molar-refractivity contribution in [1.29, 1.82) is 0 Å². The molecule has 1 fully saturated rings. The Morgan fingerprint density at radius 3 is 2.34 bits per heavy atom. The summed E-state index contributed by atoms with van der Waals surface area (Å²) in [5.41, 5.74) is 0.405. The van der Waals surface area contributed by atoms with Crippen LogP contribution in [0, 0.1) is 0 Å². The predicted molar refractivity (Wildman–Crippen MR) is 105 cm³/mol. The average Bonchev–Trinajstić information content (AvgIpc) is 2.70. The zero-order chi connectivity index (χ0) is 21.1. The van der Waals surface area contributed by atoms with Crippen molar-refractivity contribution in [2.45, 2.75) is 31.0 Å². The molecule has 1 aliphatic heterocycles. The molecule has 1 N–H and O–H groups in total. The lowest BCUT2D eigenvalue weighted by Gasteiger charge is -2.44. The lowest BCUT2D eigenvalue weighted by molar-refractivity contribution is -0.137. The highest BCUT2D eigenvalue weighted by molar-refractivity contribution is 5.64. The van der Waals surface area contributed by atoms with E-state index >= 15 is 0 Å². The van der Waals surface area contributed by atoms with Crippen molar-refractivity contribution in [3.05, 3.63) is 71.3 Å². The minimum atomic E-state index is -4.43. The Morgan fingerprint density at radius 2 is 1.76 bits per heavy atom. The molecular formula is C22H25F3N2O2. The van der Waals surface area contributed by atoms with Crippen LogP contribution in [0.1, 0.15) is 29.5 Å². The first-order valence-electron chi connectivity index (χ1n) is 9.58. The molecular weight excluding hydrogens is 381 g/mol. The first-order chi connectivity index (χ1) is 13.7. The molecule has 1 amide bonds. The number of amides is 1. The van der Waals surface area contributed by atoms with Gasteiger partial charge in [0, 0.05) is 25.6 Å². The summed E-state index contributed by atoms with van der Waals surface area (Å²) < 4.78 is 39.7. The van der Waals surface area contributed by atoms with Gasteiger partial charge in [0.25, 0.3) is 0 Å². The van der Waals surface area contributed by atoms with E-state index in [1.165, 1.54) is 29.6 Å². The Morgan fingerprint density at radius 1 is 1.10 bits per heavy atom. The number of halogens is 3. The van der Waals surface area contributed by atoms with Crippen LogP contribution >= 0.6 is 0 Å². The average molecular weight is 406 g/mol. The first-order valence-corrected chi connectivity index (χ1v) is 9.58.